The molecule has 5 heterocycles. The quantitative estimate of drug-likeness (QED) is 0.372. The molecule has 0 saturated heterocycles. The van der Waals surface area contributed by atoms with E-state index in [0.29, 0.717) is 5.92 Å². The third kappa shape index (κ3) is 3.42. The molecule has 0 saturated carbocycles. The van der Waals surface area contributed by atoms with Gasteiger partial charge in [0.25, 0.3) is 0 Å². The van der Waals surface area contributed by atoms with Crippen LogP contribution in [0.25, 0.3) is 46.4 Å². The highest BCUT2D eigenvalue weighted by atomic mass is 14.8. The second-order valence-corrected chi connectivity index (χ2v) is 7.61. The summed E-state index contributed by atoms with van der Waals surface area (Å²) >= 11 is 0. The molecule has 144 valence electrons. The van der Waals surface area contributed by atoms with E-state index in [9.17, 15) is 0 Å². The minimum absolute atomic E-state index is 0.433. The van der Waals surface area contributed by atoms with Gasteiger partial charge < -0.3 is 9.97 Å². The molecule has 0 aromatic carbocycles. The molecule has 5 rings (SSSR count). The molecule has 4 heteroatoms. The van der Waals surface area contributed by atoms with Gasteiger partial charge in [0.1, 0.15) is 0 Å². The predicted molar refractivity (Wildman–Crippen MR) is 122 cm³/mol. The first-order valence-corrected chi connectivity index (χ1v) is 10.3. The van der Waals surface area contributed by atoms with Crippen molar-refractivity contribution in [2.75, 3.05) is 0 Å². The molecule has 0 unspecified atom stereocenters. The van der Waals surface area contributed by atoms with Crippen LogP contribution in [0.2, 0.25) is 0 Å². The lowest BCUT2D eigenvalue weighted by Gasteiger charge is -2.14. The van der Waals surface area contributed by atoms with Gasteiger partial charge in [0.2, 0.25) is 0 Å². The minimum Gasteiger partial charge on any atom is -0.355 e. The summed E-state index contributed by atoms with van der Waals surface area (Å²) < 4.78 is 0. The zero-order valence-electron chi connectivity index (χ0n) is 16.7. The molecule has 2 aliphatic rings. The number of rotatable bonds is 3. The average molecular weight is 380 g/mol. The van der Waals surface area contributed by atoms with E-state index in [1.807, 2.05) is 0 Å². The lowest BCUT2D eigenvalue weighted by molar-refractivity contribution is 0.636. The van der Waals surface area contributed by atoms with Crippen LogP contribution in [0.15, 0.2) is 42.5 Å². The average Bonchev–Trinajstić information content (AvgIpc) is 3.50. The van der Waals surface area contributed by atoms with Crippen LogP contribution in [-0.2, 0) is 0 Å². The molecule has 2 N–H and O–H groups in total. The van der Waals surface area contributed by atoms with Gasteiger partial charge in [-0.15, -0.1) is 0 Å². The van der Waals surface area contributed by atoms with Crippen LogP contribution in [0.5, 0.6) is 0 Å². The van der Waals surface area contributed by atoms with E-state index in [4.69, 9.17) is 9.97 Å². The predicted octanol–water partition coefficient (Wildman–Crippen LogP) is 6.56. The Bertz CT molecular complexity index is 1190. The van der Waals surface area contributed by atoms with Crippen molar-refractivity contribution in [2.45, 2.75) is 32.6 Å². The summed E-state index contributed by atoms with van der Waals surface area (Å²) in [4.78, 5) is 16.8. The first-order valence-electron chi connectivity index (χ1n) is 10.3. The van der Waals surface area contributed by atoms with Crippen molar-refractivity contribution in [3.8, 4) is 0 Å². The zero-order valence-corrected chi connectivity index (χ0v) is 16.7. The Labute approximate surface area is 170 Å². The number of hydrogen-bond acceptors (Lipinski definition) is 2. The summed E-state index contributed by atoms with van der Waals surface area (Å²) in [6.45, 7) is 4.48. The Hall–Kier alpha value is -3.40. The maximum Gasteiger partial charge on any atom is 0.0694 e. The second-order valence-electron chi connectivity index (χ2n) is 7.61. The standard InChI is InChI=1S/C25H24N4/c1-3-16(4-2)25-23-11-9-21(28-23)14-19-7-5-17(26-19)13-18-6-8-20(27-18)15-22-10-12-24(25)29-22/h5-16,26-27H,3-4H2,1-2H3. The fourth-order valence-electron chi connectivity index (χ4n) is 4.15. The topological polar surface area (TPSA) is 57.4 Å². The SMILES string of the molecule is CCC(CC)c1c2nc(cc3ccc(cc4ccc(cc5nc1C=C5)[nH]4)[nH]3)C=C2. The zero-order chi connectivity index (χ0) is 19.8. The highest BCUT2D eigenvalue weighted by molar-refractivity contribution is 5.79. The third-order valence-electron chi connectivity index (χ3n) is 5.65. The third-order valence-corrected chi connectivity index (χ3v) is 5.65. The van der Waals surface area contributed by atoms with E-state index in [1.165, 1.54) is 5.56 Å². The largest absolute Gasteiger partial charge is 0.355 e. The van der Waals surface area contributed by atoms with Crippen LogP contribution in [0.4, 0.5) is 0 Å². The lowest BCUT2D eigenvalue weighted by Crippen LogP contribution is -2.01. The highest BCUT2D eigenvalue weighted by Gasteiger charge is 2.18. The Kier molecular flexibility index (Phi) is 4.39. The number of nitrogens with zero attached hydrogens (tertiary/aromatic N) is 2. The molecule has 0 spiro atoms. The van der Waals surface area contributed by atoms with Gasteiger partial charge in [-0.25, -0.2) is 9.97 Å². The Morgan fingerprint density at radius 3 is 1.55 bits per heavy atom. The number of H-pyrrole nitrogens is 2. The molecule has 3 aromatic rings. The molecular weight excluding hydrogens is 356 g/mol. The van der Waals surface area contributed by atoms with Crippen LogP contribution in [0.3, 0.4) is 0 Å². The van der Waals surface area contributed by atoms with Gasteiger partial charge in [-0.1, -0.05) is 13.8 Å². The molecule has 29 heavy (non-hydrogen) atoms. The minimum atomic E-state index is 0.433. The van der Waals surface area contributed by atoms with Crippen molar-refractivity contribution >= 4 is 46.4 Å². The highest BCUT2D eigenvalue weighted by Crippen LogP contribution is 2.32. The van der Waals surface area contributed by atoms with Crippen molar-refractivity contribution < 1.29 is 0 Å². The van der Waals surface area contributed by atoms with Gasteiger partial charge in [0.05, 0.1) is 22.8 Å². The van der Waals surface area contributed by atoms with E-state index in [-0.39, 0.29) is 0 Å². The summed E-state index contributed by atoms with van der Waals surface area (Å²) in [5.41, 5.74) is 9.43. The van der Waals surface area contributed by atoms with Gasteiger partial charge >= 0.3 is 0 Å². The first kappa shape index (κ1) is 17.7. The first-order chi connectivity index (χ1) is 14.2. The van der Waals surface area contributed by atoms with Crippen molar-refractivity contribution in [1.82, 2.24) is 19.9 Å². The molecule has 0 atom stereocenters. The number of nitrogens with one attached hydrogen (secondary N) is 2. The Morgan fingerprint density at radius 1 is 0.655 bits per heavy atom. The molecule has 0 amide bonds. The van der Waals surface area contributed by atoms with E-state index in [0.717, 1.165) is 57.7 Å². The fourth-order valence-corrected chi connectivity index (χ4v) is 4.15. The Morgan fingerprint density at radius 2 is 1.10 bits per heavy atom. The molecule has 4 nitrogen and oxygen atoms in total. The normalized spacial score (nSPS) is 12.8. The van der Waals surface area contributed by atoms with E-state index in [1.54, 1.807) is 0 Å². The van der Waals surface area contributed by atoms with Crippen LogP contribution >= 0.6 is 0 Å². The van der Waals surface area contributed by atoms with Crippen molar-refractivity contribution in [1.29, 1.82) is 0 Å². The number of aromatic amines is 2. The molecule has 8 bridgehead atoms. The molecule has 0 fully saturated rings. The van der Waals surface area contributed by atoms with Gasteiger partial charge in [-0.2, -0.15) is 0 Å². The summed E-state index contributed by atoms with van der Waals surface area (Å²) in [6.07, 6.45) is 10.6. The molecule has 3 aromatic heterocycles. The smallest absolute Gasteiger partial charge is 0.0694 e. The van der Waals surface area contributed by atoms with E-state index < -0.39 is 0 Å². The second kappa shape index (κ2) is 7.21. The van der Waals surface area contributed by atoms with E-state index >= 15 is 0 Å². The van der Waals surface area contributed by atoms with Crippen molar-refractivity contribution in [3.05, 3.63) is 70.8 Å². The maximum absolute atomic E-state index is 4.94. The lowest BCUT2D eigenvalue weighted by atomic mass is 9.91. The molecular formula is C25H24N4. The maximum atomic E-state index is 4.94. The molecule has 2 aliphatic heterocycles. The molecule has 0 radical (unpaired) electrons. The van der Waals surface area contributed by atoms with Crippen molar-refractivity contribution in [2.24, 2.45) is 0 Å². The van der Waals surface area contributed by atoms with E-state index in [2.05, 4.69) is 90.6 Å². The Balaban J connectivity index is 1.87. The van der Waals surface area contributed by atoms with Crippen LogP contribution in [0.1, 0.15) is 60.9 Å². The molecule has 0 aliphatic carbocycles. The number of hydrogen-bond donors (Lipinski definition) is 2. The van der Waals surface area contributed by atoms with Crippen LogP contribution < -0.4 is 0 Å². The van der Waals surface area contributed by atoms with Crippen molar-refractivity contribution in [3.63, 3.8) is 0 Å². The van der Waals surface area contributed by atoms with Gasteiger partial charge in [-0.05, 0) is 85.5 Å². The fraction of sp³-hybridized carbons (Fsp3) is 0.200. The summed E-state index contributed by atoms with van der Waals surface area (Å²) in [6, 6.07) is 14.6. The monoisotopic (exact) mass is 380 g/mol. The van der Waals surface area contributed by atoms with Gasteiger partial charge in [0, 0.05) is 27.6 Å². The summed E-state index contributed by atoms with van der Waals surface area (Å²) in [7, 11) is 0. The summed E-state index contributed by atoms with van der Waals surface area (Å²) in [5.74, 6) is 0.433. The number of aromatic nitrogens is 4. The van der Waals surface area contributed by atoms with Crippen LogP contribution in [0, 0.1) is 0 Å². The number of fused-ring (bicyclic) bond motifs is 8. The van der Waals surface area contributed by atoms with Gasteiger partial charge in [-0.3, -0.25) is 0 Å². The summed E-state index contributed by atoms with van der Waals surface area (Å²) in [5, 5.41) is 0. The van der Waals surface area contributed by atoms with Crippen LogP contribution in [-0.4, -0.2) is 19.9 Å². The van der Waals surface area contributed by atoms with Gasteiger partial charge in [0.15, 0.2) is 0 Å².